The Balaban J connectivity index is 1.63. The van der Waals surface area contributed by atoms with E-state index in [9.17, 15) is 4.79 Å². The van der Waals surface area contributed by atoms with Crippen molar-refractivity contribution in [3.63, 3.8) is 0 Å². The van der Waals surface area contributed by atoms with Gasteiger partial charge in [0.05, 0.1) is 17.7 Å². The summed E-state index contributed by atoms with van der Waals surface area (Å²) in [5.41, 5.74) is 15.3. The lowest BCUT2D eigenvalue weighted by Gasteiger charge is -2.07. The molecule has 2 aromatic heterocycles. The van der Waals surface area contributed by atoms with Crippen LogP contribution in [0.3, 0.4) is 0 Å². The van der Waals surface area contributed by atoms with Crippen LogP contribution in [0, 0.1) is 0 Å². The third-order valence-corrected chi connectivity index (χ3v) is 4.23. The molecule has 7 heteroatoms. The second-order valence-corrected chi connectivity index (χ2v) is 6.32. The van der Waals surface area contributed by atoms with Crippen molar-refractivity contribution in [3.05, 3.63) is 53.2 Å². The van der Waals surface area contributed by atoms with Gasteiger partial charge in [-0.05, 0) is 49.1 Å². The van der Waals surface area contributed by atoms with E-state index in [1.54, 1.807) is 12.1 Å². The number of nitrogens with zero attached hydrogens (tertiary/aromatic N) is 3. The normalized spacial score (nSPS) is 10.9. The molecule has 1 aromatic carbocycles. The van der Waals surface area contributed by atoms with E-state index in [0.29, 0.717) is 23.2 Å². The summed E-state index contributed by atoms with van der Waals surface area (Å²) in [6, 6.07) is 11.2. The Morgan fingerprint density at radius 1 is 1.00 bits per heavy atom. The van der Waals surface area contributed by atoms with Crippen LogP contribution in [0.2, 0.25) is 0 Å². The van der Waals surface area contributed by atoms with Gasteiger partial charge < -0.3 is 16.2 Å². The molecule has 0 atom stereocenters. The summed E-state index contributed by atoms with van der Waals surface area (Å²) >= 11 is 0. The molecule has 0 saturated carbocycles. The van der Waals surface area contributed by atoms with E-state index < -0.39 is 0 Å². The van der Waals surface area contributed by atoms with Gasteiger partial charge in [0.1, 0.15) is 5.52 Å². The highest BCUT2D eigenvalue weighted by molar-refractivity contribution is 5.89. The summed E-state index contributed by atoms with van der Waals surface area (Å²) in [4.78, 5) is 24.5. The van der Waals surface area contributed by atoms with Gasteiger partial charge in [-0.1, -0.05) is 25.5 Å². The van der Waals surface area contributed by atoms with Crippen molar-refractivity contribution < 1.29 is 9.53 Å². The fourth-order valence-corrected chi connectivity index (χ4v) is 2.71. The standard InChI is InChI=1S/C20H23N5O2/c1-2-3-12-27-19(26)14-7-4-13(5-8-14)6-9-15-10-11-16-17(23-15)18(21)25-20(22)24-16/h4-5,7-8,10-11H,2-3,6,9,12H2,1H3,(H4,21,22,24,25). The molecule has 27 heavy (non-hydrogen) atoms. The SMILES string of the molecule is CCCCOC(=O)c1ccc(CCc2ccc3nc(N)nc(N)c3n2)cc1. The van der Waals surface area contributed by atoms with Crippen LogP contribution in [0.25, 0.3) is 11.0 Å². The number of nitrogens with two attached hydrogens (primary N) is 2. The predicted molar refractivity (Wildman–Crippen MR) is 105 cm³/mol. The quantitative estimate of drug-likeness (QED) is 0.488. The molecule has 0 aliphatic carbocycles. The lowest BCUT2D eigenvalue weighted by Crippen LogP contribution is -2.06. The number of nitrogen functional groups attached to an aromatic ring is 2. The zero-order valence-corrected chi connectivity index (χ0v) is 15.3. The van der Waals surface area contributed by atoms with Crippen molar-refractivity contribution in [2.45, 2.75) is 32.6 Å². The second kappa shape index (κ2) is 8.44. The molecule has 0 amide bonds. The van der Waals surface area contributed by atoms with Gasteiger partial charge in [-0.15, -0.1) is 0 Å². The highest BCUT2D eigenvalue weighted by atomic mass is 16.5. The first-order valence-electron chi connectivity index (χ1n) is 9.01. The fourth-order valence-electron chi connectivity index (χ4n) is 2.71. The van der Waals surface area contributed by atoms with E-state index >= 15 is 0 Å². The van der Waals surface area contributed by atoms with Crippen LogP contribution in [0.4, 0.5) is 11.8 Å². The van der Waals surface area contributed by atoms with E-state index in [1.807, 2.05) is 24.3 Å². The number of unbranched alkanes of at least 4 members (excludes halogenated alkanes) is 1. The minimum Gasteiger partial charge on any atom is -0.462 e. The van der Waals surface area contributed by atoms with Gasteiger partial charge in [0.25, 0.3) is 0 Å². The molecule has 3 rings (SSSR count). The molecule has 3 aromatic rings. The lowest BCUT2D eigenvalue weighted by molar-refractivity contribution is 0.0499. The van der Waals surface area contributed by atoms with E-state index in [0.717, 1.165) is 36.9 Å². The minimum atomic E-state index is -0.277. The van der Waals surface area contributed by atoms with Gasteiger partial charge in [-0.2, -0.15) is 4.98 Å². The van der Waals surface area contributed by atoms with Crippen molar-refractivity contribution in [2.24, 2.45) is 0 Å². The van der Waals surface area contributed by atoms with Crippen molar-refractivity contribution in [1.29, 1.82) is 0 Å². The van der Waals surface area contributed by atoms with Crippen LogP contribution in [0.5, 0.6) is 0 Å². The van der Waals surface area contributed by atoms with E-state index in [2.05, 4.69) is 21.9 Å². The Morgan fingerprint density at radius 3 is 2.52 bits per heavy atom. The topological polar surface area (TPSA) is 117 Å². The number of anilines is 2. The van der Waals surface area contributed by atoms with Gasteiger partial charge in [0.2, 0.25) is 5.95 Å². The number of pyridine rings is 1. The molecule has 0 saturated heterocycles. The number of aromatic nitrogens is 3. The largest absolute Gasteiger partial charge is 0.462 e. The van der Waals surface area contributed by atoms with Crippen LogP contribution in [-0.4, -0.2) is 27.5 Å². The number of rotatable bonds is 7. The van der Waals surface area contributed by atoms with E-state index in [1.165, 1.54) is 0 Å². The van der Waals surface area contributed by atoms with Crippen LogP contribution < -0.4 is 11.5 Å². The molecule has 0 spiro atoms. The molecule has 0 fully saturated rings. The van der Waals surface area contributed by atoms with Crippen molar-refractivity contribution in [2.75, 3.05) is 18.1 Å². The number of ether oxygens (including phenoxy) is 1. The number of esters is 1. The van der Waals surface area contributed by atoms with Crippen LogP contribution in [0.1, 0.15) is 41.4 Å². The second-order valence-electron chi connectivity index (χ2n) is 6.32. The van der Waals surface area contributed by atoms with Crippen molar-refractivity contribution >= 4 is 28.8 Å². The van der Waals surface area contributed by atoms with E-state index in [-0.39, 0.29) is 17.7 Å². The summed E-state index contributed by atoms with van der Waals surface area (Å²) in [5.74, 6) is 0.147. The highest BCUT2D eigenvalue weighted by Gasteiger charge is 2.08. The van der Waals surface area contributed by atoms with Crippen LogP contribution in [0.15, 0.2) is 36.4 Å². The summed E-state index contributed by atoms with van der Waals surface area (Å²) in [7, 11) is 0. The zero-order valence-electron chi connectivity index (χ0n) is 15.3. The first-order chi connectivity index (χ1) is 13.1. The fraction of sp³-hybridized carbons (Fsp3) is 0.300. The molecular formula is C20H23N5O2. The van der Waals surface area contributed by atoms with Crippen molar-refractivity contribution in [1.82, 2.24) is 15.0 Å². The number of carbonyl (C=O) groups excluding carboxylic acids is 1. The Kier molecular flexibility index (Phi) is 5.80. The smallest absolute Gasteiger partial charge is 0.338 e. The summed E-state index contributed by atoms with van der Waals surface area (Å²) in [5, 5.41) is 0. The van der Waals surface area contributed by atoms with Gasteiger partial charge in [-0.3, -0.25) is 0 Å². The molecule has 7 nitrogen and oxygen atoms in total. The number of hydrogen-bond acceptors (Lipinski definition) is 7. The summed E-state index contributed by atoms with van der Waals surface area (Å²) in [6.45, 7) is 2.52. The van der Waals surface area contributed by atoms with Crippen molar-refractivity contribution in [3.8, 4) is 0 Å². The molecule has 0 radical (unpaired) electrons. The number of fused-ring (bicyclic) bond motifs is 1. The molecule has 0 unspecified atom stereocenters. The van der Waals surface area contributed by atoms with Gasteiger partial charge in [0, 0.05) is 5.69 Å². The summed E-state index contributed by atoms with van der Waals surface area (Å²) < 4.78 is 5.22. The molecular weight excluding hydrogens is 342 g/mol. The predicted octanol–water partition coefficient (Wildman–Crippen LogP) is 2.93. The average molecular weight is 365 g/mol. The minimum absolute atomic E-state index is 0.142. The van der Waals surface area contributed by atoms with Gasteiger partial charge >= 0.3 is 5.97 Å². The maximum absolute atomic E-state index is 11.9. The average Bonchev–Trinajstić information content (AvgIpc) is 2.67. The molecule has 2 heterocycles. The number of aryl methyl sites for hydroxylation is 2. The molecule has 0 aliphatic heterocycles. The Hall–Kier alpha value is -3.22. The molecule has 0 bridgehead atoms. The van der Waals surface area contributed by atoms with Gasteiger partial charge in [0.15, 0.2) is 5.82 Å². The number of carbonyl (C=O) groups is 1. The Labute approximate surface area is 157 Å². The maximum atomic E-state index is 11.9. The maximum Gasteiger partial charge on any atom is 0.338 e. The number of hydrogen-bond donors (Lipinski definition) is 2. The molecule has 4 N–H and O–H groups in total. The first kappa shape index (κ1) is 18.6. The highest BCUT2D eigenvalue weighted by Crippen LogP contribution is 2.18. The van der Waals surface area contributed by atoms with Crippen LogP contribution in [-0.2, 0) is 17.6 Å². The van der Waals surface area contributed by atoms with Crippen LogP contribution >= 0.6 is 0 Å². The third-order valence-electron chi connectivity index (χ3n) is 4.23. The Bertz CT molecular complexity index is 941. The Morgan fingerprint density at radius 2 is 1.78 bits per heavy atom. The van der Waals surface area contributed by atoms with Gasteiger partial charge in [-0.25, -0.2) is 14.8 Å². The monoisotopic (exact) mass is 365 g/mol. The first-order valence-corrected chi connectivity index (χ1v) is 9.01. The van der Waals surface area contributed by atoms with E-state index in [4.69, 9.17) is 16.2 Å². The zero-order chi connectivity index (χ0) is 19.2. The third kappa shape index (κ3) is 4.69. The summed E-state index contributed by atoms with van der Waals surface area (Å²) in [6.07, 6.45) is 3.41. The molecule has 0 aliphatic rings. The molecule has 140 valence electrons. The lowest BCUT2D eigenvalue weighted by atomic mass is 10.1. The number of benzene rings is 1.